The minimum atomic E-state index is -3.57. The molecule has 0 spiro atoms. The molecule has 2 rings (SSSR count). The van der Waals surface area contributed by atoms with Crippen LogP contribution in [0.2, 0.25) is 0 Å². The number of nitrogen functional groups attached to an aromatic ring is 1. The summed E-state index contributed by atoms with van der Waals surface area (Å²) < 4.78 is 26.9. The van der Waals surface area contributed by atoms with E-state index in [2.05, 4.69) is 16.5 Å². The molecule has 112 valence electrons. The van der Waals surface area contributed by atoms with Gasteiger partial charge in [-0.15, -0.1) is 0 Å². The fourth-order valence-electron chi connectivity index (χ4n) is 2.38. The zero-order chi connectivity index (χ0) is 14.8. The molecule has 1 saturated heterocycles. The molecule has 1 fully saturated rings. The molecule has 6 nitrogen and oxygen atoms in total. The van der Waals surface area contributed by atoms with Crippen LogP contribution in [0.4, 0.5) is 5.69 Å². The third-order valence-electron chi connectivity index (χ3n) is 3.69. The van der Waals surface area contributed by atoms with E-state index in [9.17, 15) is 13.5 Å². The van der Waals surface area contributed by atoms with Crippen molar-refractivity contribution in [3.8, 4) is 5.75 Å². The van der Waals surface area contributed by atoms with E-state index in [4.69, 9.17) is 5.73 Å². The van der Waals surface area contributed by atoms with E-state index in [1.54, 1.807) is 0 Å². The van der Waals surface area contributed by atoms with Crippen LogP contribution in [0.25, 0.3) is 0 Å². The number of benzene rings is 1. The van der Waals surface area contributed by atoms with Crippen molar-refractivity contribution in [1.82, 2.24) is 9.62 Å². The Bertz CT molecular complexity index is 574. The average Bonchev–Trinajstić information content (AvgIpc) is 2.87. The number of sulfonamides is 1. The largest absolute Gasteiger partial charge is 0.506 e. The second kappa shape index (κ2) is 5.99. The van der Waals surface area contributed by atoms with Gasteiger partial charge in [0.1, 0.15) is 5.75 Å². The predicted octanol–water partition coefficient (Wildman–Crippen LogP) is 0.594. The van der Waals surface area contributed by atoms with Gasteiger partial charge in [-0.25, -0.2) is 13.1 Å². The average molecular weight is 299 g/mol. The number of nitrogens with two attached hydrogens (primary N) is 1. The molecule has 1 aromatic rings. The van der Waals surface area contributed by atoms with Crippen LogP contribution in [0.3, 0.4) is 0 Å². The number of hydrogen-bond acceptors (Lipinski definition) is 5. The number of nitrogens with zero attached hydrogens (tertiary/aromatic N) is 1. The standard InChI is InChI=1S/C13H21N3O3S/c1-2-16-6-5-10(9-16)8-15-20(18,19)11-3-4-13(17)12(14)7-11/h3-4,7,10,15,17H,2,5-6,8-9,14H2,1H3. The molecule has 1 aromatic carbocycles. The number of rotatable bonds is 5. The highest BCUT2D eigenvalue weighted by atomic mass is 32.2. The molecule has 7 heteroatoms. The number of hydrogen-bond donors (Lipinski definition) is 3. The summed E-state index contributed by atoms with van der Waals surface area (Å²) in [4.78, 5) is 2.38. The van der Waals surface area contributed by atoms with Crippen molar-refractivity contribution in [1.29, 1.82) is 0 Å². The molecule has 1 atom stereocenters. The summed E-state index contributed by atoms with van der Waals surface area (Å²) >= 11 is 0. The summed E-state index contributed by atoms with van der Waals surface area (Å²) in [5.41, 5.74) is 5.58. The highest BCUT2D eigenvalue weighted by molar-refractivity contribution is 7.89. The summed E-state index contributed by atoms with van der Waals surface area (Å²) in [6, 6.07) is 3.91. The Morgan fingerprint density at radius 1 is 1.50 bits per heavy atom. The summed E-state index contributed by atoms with van der Waals surface area (Å²) in [5, 5.41) is 9.32. The van der Waals surface area contributed by atoms with Crippen molar-refractivity contribution in [2.75, 3.05) is 31.9 Å². The maximum atomic E-state index is 12.1. The molecular formula is C13H21N3O3S. The van der Waals surface area contributed by atoms with Gasteiger partial charge in [-0.05, 0) is 43.6 Å². The molecule has 1 heterocycles. The van der Waals surface area contributed by atoms with E-state index < -0.39 is 10.0 Å². The minimum Gasteiger partial charge on any atom is -0.506 e. The lowest BCUT2D eigenvalue weighted by atomic mass is 10.1. The van der Waals surface area contributed by atoms with Crippen LogP contribution >= 0.6 is 0 Å². The number of likely N-dealkylation sites (tertiary alicyclic amines) is 1. The smallest absolute Gasteiger partial charge is 0.240 e. The third-order valence-corrected chi connectivity index (χ3v) is 5.11. The van der Waals surface area contributed by atoms with Gasteiger partial charge in [-0.1, -0.05) is 6.92 Å². The van der Waals surface area contributed by atoms with Crippen LogP contribution in [0.5, 0.6) is 5.75 Å². The van der Waals surface area contributed by atoms with E-state index in [-0.39, 0.29) is 16.3 Å². The van der Waals surface area contributed by atoms with Crippen molar-refractivity contribution >= 4 is 15.7 Å². The molecule has 0 radical (unpaired) electrons. The zero-order valence-corrected chi connectivity index (χ0v) is 12.4. The lowest BCUT2D eigenvalue weighted by Gasteiger charge is -2.14. The van der Waals surface area contributed by atoms with Gasteiger partial charge in [0.25, 0.3) is 0 Å². The first kappa shape index (κ1) is 15.1. The number of phenols is 1. The van der Waals surface area contributed by atoms with Crippen LogP contribution in [0.15, 0.2) is 23.1 Å². The summed E-state index contributed by atoms with van der Waals surface area (Å²) in [6.07, 6.45) is 1.01. The molecule has 1 aliphatic heterocycles. The van der Waals surface area contributed by atoms with Crippen molar-refractivity contribution in [2.45, 2.75) is 18.2 Å². The van der Waals surface area contributed by atoms with Gasteiger partial charge in [-0.3, -0.25) is 0 Å². The van der Waals surface area contributed by atoms with Gasteiger partial charge >= 0.3 is 0 Å². The van der Waals surface area contributed by atoms with Gasteiger partial charge in [0.15, 0.2) is 0 Å². The Morgan fingerprint density at radius 2 is 2.25 bits per heavy atom. The lowest BCUT2D eigenvalue weighted by Crippen LogP contribution is -2.31. The van der Waals surface area contributed by atoms with Crippen molar-refractivity contribution in [2.24, 2.45) is 5.92 Å². The molecule has 0 aliphatic carbocycles. The summed E-state index contributed by atoms with van der Waals surface area (Å²) in [7, 11) is -3.57. The Balaban J connectivity index is 1.99. The highest BCUT2D eigenvalue weighted by Crippen LogP contribution is 2.23. The van der Waals surface area contributed by atoms with Crippen molar-refractivity contribution < 1.29 is 13.5 Å². The van der Waals surface area contributed by atoms with Gasteiger partial charge in [-0.2, -0.15) is 0 Å². The van der Waals surface area contributed by atoms with E-state index in [1.165, 1.54) is 18.2 Å². The quantitative estimate of drug-likeness (QED) is 0.546. The number of phenolic OH excluding ortho intramolecular Hbond substituents is 1. The van der Waals surface area contributed by atoms with Crippen LogP contribution in [-0.2, 0) is 10.0 Å². The second-order valence-corrected chi connectivity index (χ2v) is 6.89. The zero-order valence-electron chi connectivity index (χ0n) is 11.5. The molecule has 0 saturated carbocycles. The monoisotopic (exact) mass is 299 g/mol. The predicted molar refractivity (Wildman–Crippen MR) is 77.9 cm³/mol. The molecule has 0 bridgehead atoms. The van der Waals surface area contributed by atoms with E-state index in [0.717, 1.165) is 26.1 Å². The number of aromatic hydroxyl groups is 1. The first-order valence-electron chi connectivity index (χ1n) is 6.73. The highest BCUT2D eigenvalue weighted by Gasteiger charge is 2.23. The molecule has 1 aliphatic rings. The van der Waals surface area contributed by atoms with Crippen LogP contribution in [0, 0.1) is 5.92 Å². The Hall–Kier alpha value is -1.31. The Kier molecular flexibility index (Phi) is 4.52. The van der Waals surface area contributed by atoms with Crippen LogP contribution < -0.4 is 10.5 Å². The van der Waals surface area contributed by atoms with Gasteiger partial charge < -0.3 is 15.7 Å². The molecule has 4 N–H and O–H groups in total. The van der Waals surface area contributed by atoms with Gasteiger partial charge in [0.2, 0.25) is 10.0 Å². The van der Waals surface area contributed by atoms with Gasteiger partial charge in [0.05, 0.1) is 10.6 Å². The van der Waals surface area contributed by atoms with Crippen molar-refractivity contribution in [3.05, 3.63) is 18.2 Å². The van der Waals surface area contributed by atoms with Crippen LogP contribution in [0.1, 0.15) is 13.3 Å². The lowest BCUT2D eigenvalue weighted by molar-refractivity contribution is 0.342. The first-order valence-corrected chi connectivity index (χ1v) is 8.21. The maximum Gasteiger partial charge on any atom is 0.240 e. The number of anilines is 1. The fraction of sp³-hybridized carbons (Fsp3) is 0.538. The van der Waals surface area contributed by atoms with E-state index in [1.807, 2.05) is 0 Å². The van der Waals surface area contributed by atoms with Gasteiger partial charge in [0, 0.05) is 13.1 Å². The molecular weight excluding hydrogens is 278 g/mol. The molecule has 0 amide bonds. The van der Waals surface area contributed by atoms with Crippen LogP contribution in [-0.4, -0.2) is 44.6 Å². The van der Waals surface area contributed by atoms with E-state index in [0.29, 0.717) is 12.5 Å². The van der Waals surface area contributed by atoms with E-state index >= 15 is 0 Å². The summed E-state index contributed by atoms with van der Waals surface area (Å²) in [5.74, 6) is 0.234. The normalized spacial score (nSPS) is 20.4. The molecule has 20 heavy (non-hydrogen) atoms. The Morgan fingerprint density at radius 3 is 2.85 bits per heavy atom. The number of nitrogens with one attached hydrogen (secondary N) is 1. The second-order valence-electron chi connectivity index (χ2n) is 5.12. The molecule has 0 aromatic heterocycles. The SMILES string of the molecule is CCN1CCC(CNS(=O)(=O)c2ccc(O)c(N)c2)C1. The maximum absolute atomic E-state index is 12.1. The molecule has 1 unspecified atom stereocenters. The summed E-state index contributed by atoms with van der Waals surface area (Å²) in [6.45, 7) is 5.48. The Labute approximate surface area is 119 Å². The van der Waals surface area contributed by atoms with Crippen molar-refractivity contribution in [3.63, 3.8) is 0 Å². The minimum absolute atomic E-state index is 0.0610. The third kappa shape index (κ3) is 3.41. The fourth-order valence-corrected chi connectivity index (χ4v) is 3.53. The first-order chi connectivity index (χ1) is 9.42. The topological polar surface area (TPSA) is 95.7 Å².